The van der Waals surface area contributed by atoms with E-state index in [4.69, 9.17) is 11.6 Å². The van der Waals surface area contributed by atoms with Gasteiger partial charge < -0.3 is 10.1 Å². The highest BCUT2D eigenvalue weighted by Crippen LogP contribution is 2.39. The molecule has 1 N–H and O–H groups in total. The zero-order chi connectivity index (χ0) is 18.4. The lowest BCUT2D eigenvalue weighted by atomic mass is 10.1. The van der Waals surface area contributed by atoms with E-state index in [2.05, 4.69) is 10.1 Å². The summed E-state index contributed by atoms with van der Waals surface area (Å²) in [6.45, 7) is 1.47. The summed E-state index contributed by atoms with van der Waals surface area (Å²) in [6.07, 6.45) is 0. The first-order valence-corrected chi connectivity index (χ1v) is 9.78. The fourth-order valence-corrected chi connectivity index (χ4v) is 5.66. The number of esters is 1. The molecule has 1 unspecified atom stereocenters. The van der Waals surface area contributed by atoms with Crippen LogP contribution in [0.25, 0.3) is 0 Å². The first kappa shape index (κ1) is 17.7. The Labute approximate surface area is 153 Å². The zero-order valence-electron chi connectivity index (χ0n) is 13.1. The molecule has 7 nitrogen and oxygen atoms in total. The molecule has 2 aromatic rings. The van der Waals surface area contributed by atoms with E-state index in [0.29, 0.717) is 5.02 Å². The minimum absolute atomic E-state index is 0.0452. The van der Waals surface area contributed by atoms with Gasteiger partial charge in [-0.05, 0) is 36.6 Å². The maximum atomic E-state index is 13.2. The van der Waals surface area contributed by atoms with Gasteiger partial charge in [0.1, 0.15) is 15.8 Å². The van der Waals surface area contributed by atoms with Crippen LogP contribution < -0.4 is 9.62 Å². The SMILES string of the molecule is COC(=O)c1sccc1S(=O)(=O)N1c2ccc(Cl)cc2NC(=O)C1C. The van der Waals surface area contributed by atoms with Crippen LogP contribution in [0.2, 0.25) is 5.02 Å². The van der Waals surface area contributed by atoms with Crippen LogP contribution >= 0.6 is 22.9 Å². The van der Waals surface area contributed by atoms with Crippen molar-refractivity contribution in [1.82, 2.24) is 0 Å². The van der Waals surface area contributed by atoms with Crippen LogP contribution in [0, 0.1) is 0 Å². The zero-order valence-corrected chi connectivity index (χ0v) is 15.5. The van der Waals surface area contributed by atoms with Crippen LogP contribution in [0.15, 0.2) is 34.5 Å². The Morgan fingerprint density at radius 2 is 2.08 bits per heavy atom. The molecule has 0 fully saturated rings. The van der Waals surface area contributed by atoms with Crippen molar-refractivity contribution in [3.8, 4) is 0 Å². The molecule has 0 aliphatic carbocycles. The fraction of sp³-hybridized carbons (Fsp3) is 0.200. The molecule has 0 radical (unpaired) electrons. The minimum Gasteiger partial charge on any atom is -0.465 e. The summed E-state index contributed by atoms with van der Waals surface area (Å²) in [5, 5.41) is 4.47. The van der Waals surface area contributed by atoms with Crippen molar-refractivity contribution >= 4 is 56.2 Å². The molecule has 1 aromatic carbocycles. The van der Waals surface area contributed by atoms with Crippen molar-refractivity contribution in [2.75, 3.05) is 16.7 Å². The third-order valence-corrected chi connectivity index (χ3v) is 6.91. The normalized spacial score (nSPS) is 17.0. The van der Waals surface area contributed by atoms with Gasteiger partial charge in [-0.25, -0.2) is 13.2 Å². The predicted octanol–water partition coefficient (Wildman–Crippen LogP) is 2.72. The number of halogens is 1. The Hall–Kier alpha value is -2.10. The van der Waals surface area contributed by atoms with Crippen LogP contribution in [-0.2, 0) is 19.6 Å². The van der Waals surface area contributed by atoms with Crippen LogP contribution in [0.3, 0.4) is 0 Å². The molecule has 1 amide bonds. The standard InChI is InChI=1S/C15H13ClN2O5S2/c1-8-14(19)17-10-7-9(16)3-4-11(10)18(8)25(21,22)12-5-6-24-13(12)15(20)23-2/h3-8H,1-2H3,(H,17,19). The number of carbonyl (C=O) groups is 2. The highest BCUT2D eigenvalue weighted by atomic mass is 35.5. The van der Waals surface area contributed by atoms with Crippen molar-refractivity contribution in [1.29, 1.82) is 0 Å². The Kier molecular flexibility index (Phi) is 4.48. The number of sulfonamides is 1. The molecular weight excluding hydrogens is 388 g/mol. The lowest BCUT2D eigenvalue weighted by molar-refractivity contribution is -0.117. The number of hydrogen-bond acceptors (Lipinski definition) is 6. The Morgan fingerprint density at radius 3 is 2.76 bits per heavy atom. The number of methoxy groups -OCH3 is 1. The van der Waals surface area contributed by atoms with E-state index in [1.54, 1.807) is 0 Å². The lowest BCUT2D eigenvalue weighted by Gasteiger charge is -2.35. The van der Waals surface area contributed by atoms with Gasteiger partial charge >= 0.3 is 5.97 Å². The van der Waals surface area contributed by atoms with Crippen molar-refractivity contribution in [2.45, 2.75) is 17.9 Å². The molecule has 2 heterocycles. The molecule has 1 aliphatic rings. The molecule has 0 saturated heterocycles. The van der Waals surface area contributed by atoms with E-state index in [1.807, 2.05) is 0 Å². The second kappa shape index (κ2) is 6.32. The third kappa shape index (κ3) is 2.88. The van der Waals surface area contributed by atoms with E-state index >= 15 is 0 Å². The van der Waals surface area contributed by atoms with Crippen LogP contribution in [0.1, 0.15) is 16.6 Å². The first-order chi connectivity index (χ1) is 11.8. The van der Waals surface area contributed by atoms with Gasteiger partial charge in [0.05, 0.1) is 18.5 Å². The van der Waals surface area contributed by atoms with E-state index in [9.17, 15) is 18.0 Å². The minimum atomic E-state index is -4.17. The number of benzene rings is 1. The number of anilines is 2. The van der Waals surface area contributed by atoms with Gasteiger partial charge in [-0.15, -0.1) is 11.3 Å². The first-order valence-electron chi connectivity index (χ1n) is 7.08. The Morgan fingerprint density at radius 1 is 1.36 bits per heavy atom. The number of carbonyl (C=O) groups excluding carboxylic acids is 2. The topological polar surface area (TPSA) is 92.8 Å². The second-order valence-corrected chi connectivity index (χ2v) is 8.37. The summed E-state index contributed by atoms with van der Waals surface area (Å²) in [5.74, 6) is -1.24. The molecule has 0 bridgehead atoms. The molecule has 0 saturated carbocycles. The van der Waals surface area contributed by atoms with Gasteiger partial charge in [0.25, 0.3) is 10.0 Å². The highest BCUT2D eigenvalue weighted by molar-refractivity contribution is 7.93. The maximum Gasteiger partial charge on any atom is 0.349 e. The fourth-order valence-electron chi connectivity index (χ4n) is 2.54. The number of rotatable bonds is 3. The molecule has 25 heavy (non-hydrogen) atoms. The van der Waals surface area contributed by atoms with Crippen LogP contribution in [0.5, 0.6) is 0 Å². The molecule has 1 aliphatic heterocycles. The third-order valence-electron chi connectivity index (χ3n) is 3.72. The van der Waals surface area contributed by atoms with Crippen molar-refractivity contribution < 1.29 is 22.7 Å². The van der Waals surface area contributed by atoms with Gasteiger partial charge in [-0.1, -0.05) is 11.6 Å². The smallest absolute Gasteiger partial charge is 0.349 e. The second-order valence-electron chi connectivity index (χ2n) is 5.23. The average molecular weight is 401 g/mol. The molecule has 1 atom stereocenters. The van der Waals surface area contributed by atoms with E-state index in [0.717, 1.165) is 15.6 Å². The number of nitrogens with zero attached hydrogens (tertiary/aromatic N) is 1. The molecular formula is C15H13ClN2O5S2. The van der Waals surface area contributed by atoms with Gasteiger partial charge in [0, 0.05) is 5.02 Å². The summed E-state index contributed by atoms with van der Waals surface area (Å²) < 4.78 is 32.0. The number of hydrogen-bond donors (Lipinski definition) is 1. The van der Waals surface area contributed by atoms with Gasteiger partial charge in [0.15, 0.2) is 0 Å². The number of ether oxygens (including phenoxy) is 1. The number of amides is 1. The van der Waals surface area contributed by atoms with E-state index < -0.39 is 27.9 Å². The molecule has 10 heteroatoms. The predicted molar refractivity (Wildman–Crippen MR) is 94.9 cm³/mol. The molecule has 3 rings (SSSR count). The van der Waals surface area contributed by atoms with Crippen LogP contribution in [0.4, 0.5) is 11.4 Å². The van der Waals surface area contributed by atoms with Crippen molar-refractivity contribution in [3.05, 3.63) is 39.5 Å². The summed E-state index contributed by atoms with van der Waals surface area (Å²) in [6, 6.07) is 4.83. The summed E-state index contributed by atoms with van der Waals surface area (Å²) >= 11 is 6.89. The summed E-state index contributed by atoms with van der Waals surface area (Å²) in [4.78, 5) is 23.8. The molecule has 132 valence electrons. The number of thiophene rings is 1. The van der Waals surface area contributed by atoms with E-state index in [-0.39, 0.29) is 21.1 Å². The maximum absolute atomic E-state index is 13.2. The average Bonchev–Trinajstić information content (AvgIpc) is 3.05. The number of nitrogens with one attached hydrogen (secondary N) is 1. The molecule has 1 aromatic heterocycles. The van der Waals surface area contributed by atoms with Gasteiger partial charge in [0.2, 0.25) is 5.91 Å². The lowest BCUT2D eigenvalue weighted by Crippen LogP contribution is -2.49. The van der Waals surface area contributed by atoms with Crippen molar-refractivity contribution in [2.24, 2.45) is 0 Å². The van der Waals surface area contributed by atoms with Crippen LogP contribution in [-0.4, -0.2) is 33.4 Å². The quantitative estimate of drug-likeness (QED) is 0.799. The Bertz CT molecular complexity index is 970. The Balaban J connectivity index is 2.19. The molecule has 0 spiro atoms. The largest absolute Gasteiger partial charge is 0.465 e. The summed E-state index contributed by atoms with van der Waals surface area (Å²) in [7, 11) is -3.00. The van der Waals surface area contributed by atoms with Gasteiger partial charge in [-0.2, -0.15) is 0 Å². The summed E-state index contributed by atoms with van der Waals surface area (Å²) in [5.41, 5.74) is 0.563. The van der Waals surface area contributed by atoms with Gasteiger partial charge in [-0.3, -0.25) is 9.10 Å². The monoisotopic (exact) mass is 400 g/mol. The van der Waals surface area contributed by atoms with E-state index in [1.165, 1.54) is 43.7 Å². The van der Waals surface area contributed by atoms with Crippen molar-refractivity contribution in [3.63, 3.8) is 0 Å². The number of fused-ring (bicyclic) bond motifs is 1. The highest BCUT2D eigenvalue weighted by Gasteiger charge is 2.40.